The Morgan fingerprint density at radius 3 is 2.26 bits per heavy atom. The van der Waals surface area contributed by atoms with E-state index >= 15 is 0 Å². The maximum atomic E-state index is 13.7. The summed E-state index contributed by atoms with van der Waals surface area (Å²) >= 11 is 12.2. The summed E-state index contributed by atoms with van der Waals surface area (Å²) < 4.78 is 27.4. The molecular formula is C27H24Cl2N2O3S. The predicted molar refractivity (Wildman–Crippen MR) is 139 cm³/mol. The second-order valence-corrected chi connectivity index (χ2v) is 11.7. The van der Waals surface area contributed by atoms with Gasteiger partial charge >= 0.3 is 0 Å². The van der Waals surface area contributed by atoms with Gasteiger partial charge in [-0.2, -0.15) is 0 Å². The van der Waals surface area contributed by atoms with Crippen LogP contribution in [0.15, 0.2) is 82.6 Å². The average Bonchev–Trinajstić information content (AvgIpc) is 3.24. The minimum Gasteiger partial charge on any atom is -0.349 e. The van der Waals surface area contributed by atoms with Crippen LogP contribution in [-0.2, 0) is 16.3 Å². The molecule has 1 aliphatic heterocycles. The van der Waals surface area contributed by atoms with E-state index in [4.69, 9.17) is 23.2 Å². The van der Waals surface area contributed by atoms with Crippen molar-refractivity contribution in [2.75, 3.05) is 13.1 Å². The third kappa shape index (κ3) is 4.83. The van der Waals surface area contributed by atoms with Gasteiger partial charge in [0.25, 0.3) is 5.91 Å². The van der Waals surface area contributed by atoms with Gasteiger partial charge in [-0.1, -0.05) is 53.5 Å². The summed E-state index contributed by atoms with van der Waals surface area (Å²) in [7, 11) is -4.02. The summed E-state index contributed by atoms with van der Waals surface area (Å²) in [5.74, 6) is 0.170. The van der Waals surface area contributed by atoms with E-state index in [0.29, 0.717) is 40.0 Å². The van der Waals surface area contributed by atoms with Gasteiger partial charge in [-0.05, 0) is 73.2 Å². The second kappa shape index (κ2) is 9.69. The summed E-state index contributed by atoms with van der Waals surface area (Å²) in [5, 5.41) is 1.22. The van der Waals surface area contributed by atoms with E-state index in [1.54, 1.807) is 23.1 Å². The van der Waals surface area contributed by atoms with E-state index in [0.717, 1.165) is 19.3 Å². The van der Waals surface area contributed by atoms with E-state index in [2.05, 4.69) is 17.1 Å². The molecule has 180 valence electrons. The molecule has 0 atom stereocenters. The van der Waals surface area contributed by atoms with Crippen LogP contribution in [-0.4, -0.2) is 37.3 Å². The molecule has 35 heavy (non-hydrogen) atoms. The number of likely N-dealkylation sites (tertiary alicyclic amines) is 1. The van der Waals surface area contributed by atoms with E-state index in [-0.39, 0.29) is 21.4 Å². The molecule has 1 aliphatic rings. The second-order valence-electron chi connectivity index (χ2n) is 8.90. The molecule has 0 bridgehead atoms. The first-order valence-corrected chi connectivity index (χ1v) is 13.7. The molecule has 8 heteroatoms. The zero-order chi connectivity index (χ0) is 24.6. The van der Waals surface area contributed by atoms with Crippen molar-refractivity contribution >= 4 is 49.8 Å². The van der Waals surface area contributed by atoms with Crippen LogP contribution in [0.1, 0.15) is 28.9 Å². The fourth-order valence-electron chi connectivity index (χ4n) is 4.75. The number of nitrogens with zero attached hydrogens (tertiary/aromatic N) is 1. The predicted octanol–water partition coefficient (Wildman–Crippen LogP) is 6.40. The molecule has 2 heterocycles. The van der Waals surface area contributed by atoms with Crippen molar-refractivity contribution in [2.24, 2.45) is 5.92 Å². The summed E-state index contributed by atoms with van der Waals surface area (Å²) in [6.07, 6.45) is 2.71. The standard InChI is InChI=1S/C27H24Cl2N2O3S/c28-20-6-9-22(10-7-20)35(33,34)26-23-17-21(29)8-11-24(23)30-25(26)27(32)31-14-12-19(13-15-31)16-18-4-2-1-3-5-18/h1-11,17,19,30H,12-16H2. The Morgan fingerprint density at radius 2 is 1.57 bits per heavy atom. The number of sulfone groups is 1. The van der Waals surface area contributed by atoms with E-state index in [1.165, 1.54) is 29.8 Å². The van der Waals surface area contributed by atoms with Crippen molar-refractivity contribution in [3.05, 3.63) is 94.1 Å². The zero-order valence-corrected chi connectivity index (χ0v) is 21.2. The van der Waals surface area contributed by atoms with Crippen LogP contribution < -0.4 is 0 Å². The number of nitrogens with one attached hydrogen (secondary N) is 1. The van der Waals surface area contributed by atoms with Crippen LogP contribution in [0.4, 0.5) is 0 Å². The van der Waals surface area contributed by atoms with Crippen molar-refractivity contribution in [3.63, 3.8) is 0 Å². The number of amides is 1. The molecule has 1 amide bonds. The van der Waals surface area contributed by atoms with Gasteiger partial charge in [0.2, 0.25) is 9.84 Å². The Hall–Kier alpha value is -2.80. The molecule has 0 radical (unpaired) electrons. The highest BCUT2D eigenvalue weighted by Crippen LogP contribution is 2.35. The van der Waals surface area contributed by atoms with Crippen molar-refractivity contribution < 1.29 is 13.2 Å². The minimum absolute atomic E-state index is 0.0475. The maximum absolute atomic E-state index is 13.7. The molecule has 5 nitrogen and oxygen atoms in total. The van der Waals surface area contributed by atoms with E-state index in [9.17, 15) is 13.2 Å². The molecule has 0 saturated carbocycles. The van der Waals surface area contributed by atoms with Crippen LogP contribution in [0, 0.1) is 5.92 Å². The summed E-state index contributed by atoms with van der Waals surface area (Å²) in [5.41, 5.74) is 1.91. The molecule has 1 N–H and O–H groups in total. The highest BCUT2D eigenvalue weighted by molar-refractivity contribution is 7.91. The van der Waals surface area contributed by atoms with Crippen molar-refractivity contribution in [2.45, 2.75) is 29.1 Å². The molecule has 5 rings (SSSR count). The Kier molecular flexibility index (Phi) is 6.62. The Labute approximate surface area is 214 Å². The molecule has 1 fully saturated rings. The molecule has 4 aromatic rings. The smallest absolute Gasteiger partial charge is 0.271 e. The van der Waals surface area contributed by atoms with Gasteiger partial charge in [0.15, 0.2) is 0 Å². The van der Waals surface area contributed by atoms with Crippen molar-refractivity contribution in [1.82, 2.24) is 9.88 Å². The quantitative estimate of drug-likeness (QED) is 0.327. The molecule has 0 unspecified atom stereocenters. The van der Waals surface area contributed by atoms with Crippen LogP contribution in [0.2, 0.25) is 10.0 Å². The lowest BCUT2D eigenvalue weighted by atomic mass is 9.90. The zero-order valence-electron chi connectivity index (χ0n) is 18.9. The van der Waals surface area contributed by atoms with Crippen molar-refractivity contribution in [3.8, 4) is 0 Å². The van der Waals surface area contributed by atoms with Gasteiger partial charge in [0.05, 0.1) is 4.90 Å². The molecule has 1 aromatic heterocycles. The third-order valence-corrected chi connectivity index (χ3v) is 8.93. The Morgan fingerprint density at radius 1 is 0.914 bits per heavy atom. The molecule has 0 spiro atoms. The Bertz CT molecular complexity index is 1470. The number of rotatable bonds is 5. The van der Waals surface area contributed by atoms with Gasteiger partial charge in [-0.25, -0.2) is 8.42 Å². The first kappa shape index (κ1) is 23.9. The number of piperidine rings is 1. The number of hydrogen-bond donors (Lipinski definition) is 1. The highest BCUT2D eigenvalue weighted by atomic mass is 35.5. The number of carbonyl (C=O) groups excluding carboxylic acids is 1. The fourth-order valence-corrected chi connectivity index (χ4v) is 6.64. The number of fused-ring (bicyclic) bond motifs is 1. The fraction of sp³-hybridized carbons (Fsp3) is 0.222. The number of benzene rings is 3. The van der Waals surface area contributed by atoms with Crippen LogP contribution in [0.3, 0.4) is 0 Å². The molecule has 3 aromatic carbocycles. The van der Waals surface area contributed by atoms with Crippen LogP contribution in [0.25, 0.3) is 10.9 Å². The lowest BCUT2D eigenvalue weighted by Gasteiger charge is -2.32. The van der Waals surface area contributed by atoms with Gasteiger partial charge in [-0.15, -0.1) is 0 Å². The topological polar surface area (TPSA) is 70.2 Å². The average molecular weight is 527 g/mol. The van der Waals surface area contributed by atoms with Crippen LogP contribution >= 0.6 is 23.2 Å². The SMILES string of the molecule is O=C(c1[nH]c2ccc(Cl)cc2c1S(=O)(=O)c1ccc(Cl)cc1)N1CCC(Cc2ccccc2)CC1. The van der Waals surface area contributed by atoms with Gasteiger partial charge in [0.1, 0.15) is 10.6 Å². The first-order chi connectivity index (χ1) is 16.8. The summed E-state index contributed by atoms with van der Waals surface area (Å²) in [6.45, 7) is 1.15. The molecule has 1 saturated heterocycles. The normalized spacial score (nSPS) is 15.0. The largest absolute Gasteiger partial charge is 0.349 e. The summed E-state index contributed by atoms with van der Waals surface area (Å²) in [6, 6.07) is 21.2. The minimum atomic E-state index is -4.02. The maximum Gasteiger partial charge on any atom is 0.271 e. The monoisotopic (exact) mass is 526 g/mol. The third-order valence-electron chi connectivity index (χ3n) is 6.59. The van der Waals surface area contributed by atoms with Crippen molar-refractivity contribution in [1.29, 1.82) is 0 Å². The number of aromatic nitrogens is 1. The van der Waals surface area contributed by atoms with E-state index in [1.807, 2.05) is 18.2 Å². The lowest BCUT2D eigenvalue weighted by molar-refractivity contribution is 0.0681. The van der Waals surface area contributed by atoms with Crippen LogP contribution in [0.5, 0.6) is 0 Å². The molecule has 0 aliphatic carbocycles. The van der Waals surface area contributed by atoms with E-state index < -0.39 is 9.84 Å². The molecular weight excluding hydrogens is 503 g/mol. The number of halogens is 2. The summed E-state index contributed by atoms with van der Waals surface area (Å²) in [4.78, 5) is 18.5. The number of carbonyl (C=O) groups is 1. The van der Waals surface area contributed by atoms with Gasteiger partial charge < -0.3 is 9.88 Å². The van der Waals surface area contributed by atoms with Gasteiger partial charge in [-0.3, -0.25) is 4.79 Å². The lowest BCUT2D eigenvalue weighted by Crippen LogP contribution is -2.39. The first-order valence-electron chi connectivity index (χ1n) is 11.5. The number of hydrogen-bond acceptors (Lipinski definition) is 3. The Balaban J connectivity index is 1.46. The highest BCUT2D eigenvalue weighted by Gasteiger charge is 2.33. The van der Waals surface area contributed by atoms with Gasteiger partial charge in [0, 0.05) is 34.0 Å². The number of aromatic amines is 1. The number of H-pyrrole nitrogens is 1.